The molecule has 1 aromatic carbocycles. The van der Waals surface area contributed by atoms with E-state index < -0.39 is 12.0 Å². The van der Waals surface area contributed by atoms with Crippen LogP contribution >= 0.6 is 27.5 Å². The van der Waals surface area contributed by atoms with Crippen LogP contribution < -0.4 is 4.74 Å². The number of carbonyl (C=O) groups is 1. The first-order chi connectivity index (χ1) is 9.97. The average molecular weight is 377 g/mol. The van der Waals surface area contributed by atoms with Crippen molar-refractivity contribution in [3.05, 3.63) is 27.7 Å². The Balaban J connectivity index is 1.88. The molecule has 0 aliphatic carbocycles. The summed E-state index contributed by atoms with van der Waals surface area (Å²) in [6.45, 7) is 3.98. The van der Waals surface area contributed by atoms with Crippen LogP contribution in [0.1, 0.15) is 19.8 Å². The lowest BCUT2D eigenvalue weighted by Gasteiger charge is -2.35. The molecular weight excluding hydrogens is 358 g/mol. The van der Waals surface area contributed by atoms with Crippen LogP contribution in [0.2, 0.25) is 5.02 Å². The third-order valence-corrected chi connectivity index (χ3v) is 4.65. The number of ether oxygens (including phenoxy) is 1. The van der Waals surface area contributed by atoms with Crippen LogP contribution in [0.25, 0.3) is 0 Å². The summed E-state index contributed by atoms with van der Waals surface area (Å²) in [6.07, 6.45) is 1.74. The van der Waals surface area contributed by atoms with E-state index in [1.807, 2.05) is 4.90 Å². The Kier molecular flexibility index (Phi) is 5.90. The van der Waals surface area contributed by atoms with Crippen LogP contribution in [0.15, 0.2) is 22.7 Å². The summed E-state index contributed by atoms with van der Waals surface area (Å²) in [7, 11) is 0. The molecule has 1 fully saturated rings. The van der Waals surface area contributed by atoms with Gasteiger partial charge in [0, 0.05) is 11.6 Å². The van der Waals surface area contributed by atoms with E-state index >= 15 is 0 Å². The van der Waals surface area contributed by atoms with Gasteiger partial charge in [-0.15, -0.1) is 0 Å². The van der Waals surface area contributed by atoms with Gasteiger partial charge in [0.15, 0.2) is 0 Å². The molecule has 1 saturated heterocycles. The topological polar surface area (TPSA) is 49.8 Å². The van der Waals surface area contributed by atoms with Gasteiger partial charge in [-0.2, -0.15) is 0 Å². The van der Waals surface area contributed by atoms with Gasteiger partial charge in [0.25, 0.3) is 0 Å². The molecule has 2 rings (SSSR count). The highest BCUT2D eigenvalue weighted by atomic mass is 79.9. The summed E-state index contributed by atoms with van der Waals surface area (Å²) >= 11 is 9.28. The fourth-order valence-corrected chi connectivity index (χ4v) is 3.38. The van der Waals surface area contributed by atoms with Crippen molar-refractivity contribution in [2.24, 2.45) is 5.92 Å². The average Bonchev–Trinajstić information content (AvgIpc) is 2.42. The predicted octanol–water partition coefficient (Wildman–Crippen LogP) is 3.67. The second kappa shape index (κ2) is 7.47. The molecule has 1 aromatic rings. The minimum atomic E-state index is -0.741. The SMILES string of the molecule is CC1CCN(CCOc2ccc(Cl)cc2Br)C(C(=O)O)C1. The van der Waals surface area contributed by atoms with Gasteiger partial charge in [-0.3, -0.25) is 9.69 Å². The van der Waals surface area contributed by atoms with Crippen LogP contribution in [0.4, 0.5) is 0 Å². The fourth-order valence-electron chi connectivity index (χ4n) is 2.58. The lowest BCUT2D eigenvalue weighted by molar-refractivity contribution is -0.145. The number of likely N-dealkylation sites (tertiary alicyclic amines) is 1. The molecule has 1 heterocycles. The Hall–Kier alpha value is -0.780. The number of aliphatic carboxylic acids is 1. The molecule has 0 amide bonds. The zero-order chi connectivity index (χ0) is 15.4. The molecule has 0 bridgehead atoms. The maximum Gasteiger partial charge on any atom is 0.320 e. The number of halogens is 2. The highest BCUT2D eigenvalue weighted by Crippen LogP contribution is 2.28. The smallest absolute Gasteiger partial charge is 0.320 e. The number of carboxylic acids is 1. The zero-order valence-corrected chi connectivity index (χ0v) is 14.2. The van der Waals surface area contributed by atoms with Crippen LogP contribution in [0, 0.1) is 5.92 Å². The lowest BCUT2D eigenvalue weighted by atomic mass is 9.92. The Bertz CT molecular complexity index is 512. The van der Waals surface area contributed by atoms with E-state index in [0.717, 1.165) is 23.2 Å². The molecule has 0 radical (unpaired) electrons. The number of benzene rings is 1. The molecule has 116 valence electrons. The largest absolute Gasteiger partial charge is 0.491 e. The molecule has 0 saturated carbocycles. The van der Waals surface area contributed by atoms with Crippen molar-refractivity contribution in [1.82, 2.24) is 4.90 Å². The van der Waals surface area contributed by atoms with E-state index in [1.54, 1.807) is 18.2 Å². The number of carboxylic acid groups (broad SMARTS) is 1. The Morgan fingerprint density at radius 1 is 1.57 bits per heavy atom. The number of piperidine rings is 1. The molecule has 2 atom stereocenters. The third-order valence-electron chi connectivity index (χ3n) is 3.79. The molecule has 1 aliphatic rings. The molecule has 1 N–H and O–H groups in total. The molecule has 6 heteroatoms. The highest BCUT2D eigenvalue weighted by molar-refractivity contribution is 9.10. The van der Waals surface area contributed by atoms with Crippen LogP contribution in [0.5, 0.6) is 5.75 Å². The van der Waals surface area contributed by atoms with Gasteiger partial charge in [-0.1, -0.05) is 18.5 Å². The molecular formula is C15H19BrClNO3. The normalized spacial score (nSPS) is 23.0. The second-order valence-electron chi connectivity index (χ2n) is 5.44. The van der Waals surface area contributed by atoms with Gasteiger partial charge < -0.3 is 9.84 Å². The first kappa shape index (κ1) is 16.6. The van der Waals surface area contributed by atoms with Crippen molar-refractivity contribution >= 4 is 33.5 Å². The van der Waals surface area contributed by atoms with Gasteiger partial charge in [0.05, 0.1) is 4.47 Å². The van der Waals surface area contributed by atoms with E-state index in [2.05, 4.69) is 22.9 Å². The number of hydrogen-bond acceptors (Lipinski definition) is 3. The maximum absolute atomic E-state index is 11.3. The van der Waals surface area contributed by atoms with Crippen molar-refractivity contribution in [1.29, 1.82) is 0 Å². The summed E-state index contributed by atoms with van der Waals surface area (Å²) in [5.74, 6) is 0.444. The number of hydrogen-bond donors (Lipinski definition) is 1. The Morgan fingerprint density at radius 3 is 3.00 bits per heavy atom. The standard InChI is InChI=1S/C15H19BrClNO3/c1-10-4-5-18(13(8-10)15(19)20)6-7-21-14-3-2-11(17)9-12(14)16/h2-3,9-10,13H,4-8H2,1H3,(H,19,20). The molecule has 0 spiro atoms. The molecule has 4 nitrogen and oxygen atoms in total. The summed E-state index contributed by atoms with van der Waals surface area (Å²) in [4.78, 5) is 13.3. The maximum atomic E-state index is 11.3. The van der Waals surface area contributed by atoms with Gasteiger partial charge in [0.1, 0.15) is 18.4 Å². The first-order valence-electron chi connectivity index (χ1n) is 7.02. The van der Waals surface area contributed by atoms with Crippen LogP contribution in [-0.4, -0.2) is 41.7 Å². The van der Waals surface area contributed by atoms with Crippen molar-refractivity contribution in [2.45, 2.75) is 25.8 Å². The van der Waals surface area contributed by atoms with E-state index in [4.69, 9.17) is 16.3 Å². The van der Waals surface area contributed by atoms with Crippen molar-refractivity contribution in [3.63, 3.8) is 0 Å². The van der Waals surface area contributed by atoms with Gasteiger partial charge >= 0.3 is 5.97 Å². The third kappa shape index (κ3) is 4.59. The summed E-state index contributed by atoms with van der Waals surface area (Å²) in [5, 5.41) is 9.96. The van der Waals surface area contributed by atoms with E-state index in [1.165, 1.54) is 0 Å². The van der Waals surface area contributed by atoms with Gasteiger partial charge in [-0.05, 0) is 59.4 Å². The van der Waals surface area contributed by atoms with Crippen molar-refractivity contribution < 1.29 is 14.6 Å². The highest BCUT2D eigenvalue weighted by Gasteiger charge is 2.31. The monoisotopic (exact) mass is 375 g/mol. The summed E-state index contributed by atoms with van der Waals surface area (Å²) in [5.41, 5.74) is 0. The van der Waals surface area contributed by atoms with Crippen LogP contribution in [0.3, 0.4) is 0 Å². The van der Waals surface area contributed by atoms with Gasteiger partial charge in [-0.25, -0.2) is 0 Å². The summed E-state index contributed by atoms with van der Waals surface area (Å²) in [6, 6.07) is 4.95. The number of rotatable bonds is 5. The van der Waals surface area contributed by atoms with Crippen molar-refractivity contribution in [2.75, 3.05) is 19.7 Å². The molecule has 2 unspecified atom stereocenters. The predicted molar refractivity (Wildman–Crippen MR) is 86.0 cm³/mol. The van der Waals surface area contributed by atoms with Crippen LogP contribution in [-0.2, 0) is 4.79 Å². The number of nitrogens with zero attached hydrogens (tertiary/aromatic N) is 1. The van der Waals surface area contributed by atoms with Crippen molar-refractivity contribution in [3.8, 4) is 5.75 Å². The fraction of sp³-hybridized carbons (Fsp3) is 0.533. The minimum absolute atomic E-state index is 0.397. The molecule has 21 heavy (non-hydrogen) atoms. The Morgan fingerprint density at radius 2 is 2.33 bits per heavy atom. The minimum Gasteiger partial charge on any atom is -0.491 e. The molecule has 0 aromatic heterocycles. The van der Waals surface area contributed by atoms with E-state index in [-0.39, 0.29) is 0 Å². The summed E-state index contributed by atoms with van der Waals surface area (Å²) < 4.78 is 6.51. The Labute approximate surface area is 138 Å². The molecule has 1 aliphatic heterocycles. The quantitative estimate of drug-likeness (QED) is 0.852. The first-order valence-corrected chi connectivity index (χ1v) is 8.19. The zero-order valence-electron chi connectivity index (χ0n) is 11.9. The van der Waals surface area contributed by atoms with Gasteiger partial charge in [0.2, 0.25) is 0 Å². The van der Waals surface area contributed by atoms with E-state index in [9.17, 15) is 9.90 Å². The lowest BCUT2D eigenvalue weighted by Crippen LogP contribution is -2.48. The van der Waals surface area contributed by atoms with E-state index in [0.29, 0.717) is 30.5 Å². The second-order valence-corrected chi connectivity index (χ2v) is 6.73.